The number of thioether (sulfide) groups is 1. The summed E-state index contributed by atoms with van der Waals surface area (Å²) < 4.78 is 0. The molecule has 0 saturated carbocycles. The van der Waals surface area contributed by atoms with E-state index in [1.165, 1.54) is 27.5 Å². The van der Waals surface area contributed by atoms with Crippen molar-refractivity contribution in [3.8, 4) is 0 Å². The number of nitrogens with zero attached hydrogens (tertiary/aromatic N) is 1. The molecule has 1 aliphatic heterocycles. The fourth-order valence-electron chi connectivity index (χ4n) is 2.72. The van der Waals surface area contributed by atoms with Crippen LogP contribution in [0.2, 0.25) is 0 Å². The van der Waals surface area contributed by atoms with Crippen LogP contribution in [0.15, 0.2) is 47.5 Å². The van der Waals surface area contributed by atoms with E-state index in [0.29, 0.717) is 5.92 Å². The second-order valence-electron chi connectivity index (χ2n) is 5.14. The molecule has 0 bridgehead atoms. The van der Waals surface area contributed by atoms with Crippen LogP contribution < -0.4 is 5.32 Å². The van der Waals surface area contributed by atoms with Crippen LogP contribution in [-0.2, 0) is 13.0 Å². The van der Waals surface area contributed by atoms with Gasteiger partial charge in [-0.2, -0.15) is 0 Å². The molecule has 20 heavy (non-hydrogen) atoms. The monoisotopic (exact) mass is 284 g/mol. The van der Waals surface area contributed by atoms with Gasteiger partial charge in [-0.25, -0.2) is 0 Å². The fraction of sp³-hybridized carbons (Fsp3) is 0.353. The lowest BCUT2D eigenvalue weighted by molar-refractivity contribution is 0.611. The van der Waals surface area contributed by atoms with Gasteiger partial charge in [-0.15, -0.1) is 11.8 Å². The van der Waals surface area contributed by atoms with Crippen LogP contribution in [0.3, 0.4) is 0 Å². The Morgan fingerprint density at radius 1 is 1.25 bits per heavy atom. The van der Waals surface area contributed by atoms with E-state index in [0.717, 1.165) is 19.5 Å². The summed E-state index contributed by atoms with van der Waals surface area (Å²) in [5.41, 5.74) is 4.04. The average molecular weight is 284 g/mol. The zero-order valence-electron chi connectivity index (χ0n) is 11.8. The van der Waals surface area contributed by atoms with Crippen LogP contribution in [0, 0.1) is 0 Å². The van der Waals surface area contributed by atoms with Crippen LogP contribution in [0.1, 0.15) is 29.7 Å². The Kier molecular flexibility index (Phi) is 4.38. The van der Waals surface area contributed by atoms with Crippen molar-refractivity contribution in [2.24, 2.45) is 0 Å². The number of nitrogens with one attached hydrogen (secondary N) is 1. The van der Waals surface area contributed by atoms with Crippen LogP contribution in [0.4, 0.5) is 0 Å². The quantitative estimate of drug-likeness (QED) is 0.907. The first-order chi connectivity index (χ1) is 9.88. The normalized spacial score (nSPS) is 17.1. The van der Waals surface area contributed by atoms with Crippen LogP contribution in [-0.4, -0.2) is 17.3 Å². The van der Waals surface area contributed by atoms with E-state index in [1.54, 1.807) is 0 Å². The number of hydrogen-bond acceptors (Lipinski definition) is 3. The molecule has 1 N–H and O–H groups in total. The highest BCUT2D eigenvalue weighted by molar-refractivity contribution is 7.99. The zero-order valence-corrected chi connectivity index (χ0v) is 12.6. The van der Waals surface area contributed by atoms with Crippen LogP contribution in [0.5, 0.6) is 0 Å². The maximum atomic E-state index is 4.49. The number of rotatable bonds is 5. The minimum absolute atomic E-state index is 0.630. The van der Waals surface area contributed by atoms with Crippen molar-refractivity contribution in [1.82, 2.24) is 10.3 Å². The van der Waals surface area contributed by atoms with Crippen molar-refractivity contribution in [3.63, 3.8) is 0 Å². The predicted molar refractivity (Wildman–Crippen MR) is 85.2 cm³/mol. The van der Waals surface area contributed by atoms with Crippen molar-refractivity contribution >= 4 is 11.8 Å². The van der Waals surface area contributed by atoms with E-state index >= 15 is 0 Å². The highest BCUT2D eigenvalue weighted by atomic mass is 32.2. The van der Waals surface area contributed by atoms with E-state index in [1.807, 2.05) is 24.0 Å². The summed E-state index contributed by atoms with van der Waals surface area (Å²) >= 11 is 1.97. The minimum Gasteiger partial charge on any atom is -0.311 e. The maximum Gasteiger partial charge on any atom is 0.0573 e. The lowest BCUT2D eigenvalue weighted by atomic mass is 10.0. The van der Waals surface area contributed by atoms with Crippen molar-refractivity contribution in [3.05, 3.63) is 59.4 Å². The zero-order chi connectivity index (χ0) is 13.8. The Morgan fingerprint density at radius 2 is 2.15 bits per heavy atom. The summed E-state index contributed by atoms with van der Waals surface area (Å²) in [6, 6.07) is 13.0. The van der Waals surface area contributed by atoms with E-state index in [4.69, 9.17) is 0 Å². The Labute approximate surface area is 125 Å². The number of fused-ring (bicyclic) bond motifs is 1. The Morgan fingerprint density at radius 3 is 3.05 bits per heavy atom. The van der Waals surface area contributed by atoms with E-state index in [-0.39, 0.29) is 0 Å². The molecule has 2 aromatic rings. The van der Waals surface area contributed by atoms with E-state index in [9.17, 15) is 0 Å². The summed E-state index contributed by atoms with van der Waals surface area (Å²) in [6.07, 6.45) is 2.93. The second-order valence-corrected chi connectivity index (χ2v) is 6.20. The van der Waals surface area contributed by atoms with E-state index in [2.05, 4.69) is 47.6 Å². The lowest BCUT2D eigenvalue weighted by Gasteiger charge is -2.13. The fourth-order valence-corrected chi connectivity index (χ4v) is 3.97. The summed E-state index contributed by atoms with van der Waals surface area (Å²) in [4.78, 5) is 5.94. The summed E-state index contributed by atoms with van der Waals surface area (Å²) in [5, 5.41) is 3.58. The summed E-state index contributed by atoms with van der Waals surface area (Å²) in [6.45, 7) is 4.08. The first-order valence-corrected chi connectivity index (χ1v) is 8.22. The van der Waals surface area contributed by atoms with Crippen molar-refractivity contribution in [2.45, 2.75) is 30.7 Å². The van der Waals surface area contributed by atoms with Gasteiger partial charge in [0.15, 0.2) is 0 Å². The van der Waals surface area contributed by atoms with Gasteiger partial charge >= 0.3 is 0 Å². The molecule has 3 rings (SSSR count). The van der Waals surface area contributed by atoms with Gasteiger partial charge in [-0.1, -0.05) is 31.2 Å². The summed E-state index contributed by atoms with van der Waals surface area (Å²) in [7, 11) is 0. The molecule has 0 fully saturated rings. The van der Waals surface area contributed by atoms with Crippen LogP contribution >= 0.6 is 11.8 Å². The largest absolute Gasteiger partial charge is 0.311 e. The molecule has 0 radical (unpaired) electrons. The highest BCUT2D eigenvalue weighted by Crippen LogP contribution is 2.38. The molecule has 1 aromatic carbocycles. The second kappa shape index (κ2) is 6.42. The van der Waals surface area contributed by atoms with Crippen molar-refractivity contribution < 1.29 is 0 Å². The Bertz CT molecular complexity index is 583. The van der Waals surface area contributed by atoms with Gasteiger partial charge in [0.1, 0.15) is 0 Å². The smallest absolute Gasteiger partial charge is 0.0573 e. The molecule has 1 unspecified atom stereocenters. The third-order valence-electron chi connectivity index (χ3n) is 3.85. The first kappa shape index (κ1) is 13.7. The van der Waals surface area contributed by atoms with Crippen molar-refractivity contribution in [1.29, 1.82) is 0 Å². The number of benzene rings is 1. The van der Waals surface area contributed by atoms with Gasteiger partial charge in [0.25, 0.3) is 0 Å². The number of hydrogen-bond donors (Lipinski definition) is 1. The van der Waals surface area contributed by atoms with Gasteiger partial charge < -0.3 is 5.32 Å². The van der Waals surface area contributed by atoms with Crippen molar-refractivity contribution in [2.75, 3.05) is 12.3 Å². The number of pyridine rings is 1. The third kappa shape index (κ3) is 2.89. The standard InChI is InChI=1S/C17H20N2S/c1-2-13-6-5-9-19-16(13)11-18-10-14-12-20-17-8-4-3-7-15(14)17/h3-9,14,18H,2,10-12H2,1H3. The van der Waals surface area contributed by atoms with Gasteiger partial charge in [-0.05, 0) is 29.7 Å². The van der Waals surface area contributed by atoms with Gasteiger partial charge in [-0.3, -0.25) is 4.98 Å². The first-order valence-electron chi connectivity index (χ1n) is 7.23. The molecule has 0 spiro atoms. The summed E-state index contributed by atoms with van der Waals surface area (Å²) in [5.74, 6) is 1.82. The number of aromatic nitrogens is 1. The molecule has 0 aliphatic carbocycles. The molecule has 3 heteroatoms. The lowest BCUT2D eigenvalue weighted by Crippen LogP contribution is -2.22. The predicted octanol–water partition coefficient (Wildman–Crippen LogP) is 3.62. The Balaban J connectivity index is 1.59. The molecule has 2 heterocycles. The minimum atomic E-state index is 0.630. The van der Waals surface area contributed by atoms with E-state index < -0.39 is 0 Å². The highest BCUT2D eigenvalue weighted by Gasteiger charge is 2.22. The molecule has 1 aromatic heterocycles. The molecule has 2 nitrogen and oxygen atoms in total. The molecule has 0 amide bonds. The topological polar surface area (TPSA) is 24.9 Å². The molecule has 0 saturated heterocycles. The Hall–Kier alpha value is -1.32. The average Bonchev–Trinajstić information content (AvgIpc) is 2.91. The van der Waals surface area contributed by atoms with Gasteiger partial charge in [0.05, 0.1) is 5.69 Å². The molecular formula is C17H20N2S. The van der Waals surface area contributed by atoms with Gasteiger partial charge in [0, 0.05) is 35.9 Å². The molecule has 1 atom stereocenters. The maximum absolute atomic E-state index is 4.49. The molecule has 1 aliphatic rings. The van der Waals surface area contributed by atoms with Gasteiger partial charge in [0.2, 0.25) is 0 Å². The third-order valence-corrected chi connectivity index (χ3v) is 5.10. The number of aryl methyl sites for hydroxylation is 1. The molecule has 104 valence electrons. The SMILES string of the molecule is CCc1cccnc1CNCC1CSc2ccccc21. The van der Waals surface area contributed by atoms with Crippen LogP contribution in [0.25, 0.3) is 0 Å². The molecular weight excluding hydrogens is 264 g/mol.